The number of aromatic amines is 1. The first kappa shape index (κ1) is 11.6. The smallest absolute Gasteiger partial charge is 0.260 e. The van der Waals surface area contributed by atoms with Crippen molar-refractivity contribution in [2.24, 2.45) is 0 Å². The fraction of sp³-hybridized carbons (Fsp3) is 0.222. The Kier molecular flexibility index (Phi) is 3.79. The largest absolute Gasteiger partial charge is 0.372 e. The third-order valence-corrected chi connectivity index (χ3v) is 2.12. The number of carbonyl (C=O) groups is 1. The van der Waals surface area contributed by atoms with E-state index in [1.165, 1.54) is 6.08 Å². The van der Waals surface area contributed by atoms with Gasteiger partial charge in [0.25, 0.3) is 5.56 Å². The number of anilines is 1. The van der Waals surface area contributed by atoms with Gasteiger partial charge < -0.3 is 10.3 Å². The summed E-state index contributed by atoms with van der Waals surface area (Å²) in [5, 5.41) is 2.79. The van der Waals surface area contributed by atoms with Crippen molar-refractivity contribution in [3.05, 3.63) is 26.2 Å². The van der Waals surface area contributed by atoms with Gasteiger partial charge in [0.2, 0.25) is 0 Å². The Morgan fingerprint density at radius 1 is 1.60 bits per heavy atom. The summed E-state index contributed by atoms with van der Waals surface area (Å²) < 4.78 is 0.287. The standard InChI is InChI=1S/C9H10BrN3O2/c1-5-12-8(11-2)7(9(15)13-5)3-6(10)4-14/h3-4H,1-2H3,(H2,11,12,13,15)/b6-3+. The highest BCUT2D eigenvalue weighted by molar-refractivity contribution is 9.12. The normalized spacial score (nSPS) is 11.3. The summed E-state index contributed by atoms with van der Waals surface area (Å²) in [6.45, 7) is 1.69. The van der Waals surface area contributed by atoms with Crippen molar-refractivity contribution in [1.29, 1.82) is 0 Å². The summed E-state index contributed by atoms with van der Waals surface area (Å²) in [5.41, 5.74) is 0.0349. The molecule has 15 heavy (non-hydrogen) atoms. The lowest BCUT2D eigenvalue weighted by atomic mass is 10.2. The first-order valence-electron chi connectivity index (χ1n) is 4.19. The Morgan fingerprint density at radius 3 is 2.80 bits per heavy atom. The molecular formula is C9H10BrN3O2. The van der Waals surface area contributed by atoms with E-state index < -0.39 is 0 Å². The third kappa shape index (κ3) is 2.76. The van der Waals surface area contributed by atoms with Gasteiger partial charge >= 0.3 is 0 Å². The van der Waals surface area contributed by atoms with Gasteiger partial charge in [0.15, 0.2) is 6.29 Å². The van der Waals surface area contributed by atoms with Gasteiger partial charge in [-0.25, -0.2) is 4.98 Å². The summed E-state index contributed by atoms with van der Waals surface area (Å²) in [7, 11) is 1.66. The van der Waals surface area contributed by atoms with E-state index in [9.17, 15) is 9.59 Å². The minimum absolute atomic E-state index is 0.286. The average Bonchev–Trinajstić information content (AvgIpc) is 2.21. The molecule has 2 N–H and O–H groups in total. The molecule has 0 bridgehead atoms. The number of aldehydes is 1. The maximum absolute atomic E-state index is 11.6. The van der Waals surface area contributed by atoms with Crippen LogP contribution in [0, 0.1) is 6.92 Å². The second-order valence-corrected chi connectivity index (χ2v) is 3.73. The molecule has 0 unspecified atom stereocenters. The highest BCUT2D eigenvalue weighted by Crippen LogP contribution is 2.13. The van der Waals surface area contributed by atoms with E-state index in [4.69, 9.17) is 0 Å². The van der Waals surface area contributed by atoms with E-state index in [2.05, 4.69) is 31.2 Å². The second kappa shape index (κ2) is 4.88. The van der Waals surface area contributed by atoms with Crippen LogP contribution in [0.25, 0.3) is 6.08 Å². The number of nitrogens with zero attached hydrogens (tertiary/aromatic N) is 1. The van der Waals surface area contributed by atoms with Crippen LogP contribution in [0.2, 0.25) is 0 Å². The maximum Gasteiger partial charge on any atom is 0.260 e. The average molecular weight is 272 g/mol. The van der Waals surface area contributed by atoms with Gasteiger partial charge in [0, 0.05) is 7.05 Å². The number of allylic oxidation sites excluding steroid dienone is 1. The van der Waals surface area contributed by atoms with Crippen molar-refractivity contribution in [3.63, 3.8) is 0 Å². The second-order valence-electron chi connectivity index (χ2n) is 2.81. The van der Waals surface area contributed by atoms with Gasteiger partial charge in [-0.1, -0.05) is 0 Å². The number of H-pyrrole nitrogens is 1. The molecule has 0 aliphatic heterocycles. The Morgan fingerprint density at radius 2 is 2.27 bits per heavy atom. The summed E-state index contributed by atoms with van der Waals surface area (Å²) in [6, 6.07) is 0. The van der Waals surface area contributed by atoms with E-state index in [0.717, 1.165) is 0 Å². The van der Waals surface area contributed by atoms with Crippen LogP contribution in [0.5, 0.6) is 0 Å². The van der Waals surface area contributed by atoms with E-state index >= 15 is 0 Å². The number of carbonyl (C=O) groups excluding carboxylic acids is 1. The van der Waals surface area contributed by atoms with Crippen LogP contribution in [0.3, 0.4) is 0 Å². The highest BCUT2D eigenvalue weighted by atomic mass is 79.9. The minimum Gasteiger partial charge on any atom is -0.372 e. The number of hydrogen-bond donors (Lipinski definition) is 2. The molecule has 6 heteroatoms. The predicted molar refractivity (Wildman–Crippen MR) is 62.1 cm³/mol. The molecule has 0 amide bonds. The monoisotopic (exact) mass is 271 g/mol. The molecule has 1 heterocycles. The van der Waals surface area contributed by atoms with Crippen LogP contribution >= 0.6 is 15.9 Å². The molecule has 0 fully saturated rings. The van der Waals surface area contributed by atoms with Crippen molar-refractivity contribution < 1.29 is 4.79 Å². The Labute approximate surface area is 94.7 Å². The molecule has 1 aromatic rings. The van der Waals surface area contributed by atoms with Crippen molar-refractivity contribution >= 4 is 34.1 Å². The Bertz CT molecular complexity index is 465. The molecule has 1 rings (SSSR count). The lowest BCUT2D eigenvalue weighted by Crippen LogP contribution is -2.15. The Balaban J connectivity index is 3.40. The van der Waals surface area contributed by atoms with Crippen molar-refractivity contribution in [2.45, 2.75) is 6.92 Å². The Hall–Kier alpha value is -1.43. The molecule has 0 aliphatic rings. The zero-order valence-electron chi connectivity index (χ0n) is 8.30. The zero-order chi connectivity index (χ0) is 11.4. The van der Waals surface area contributed by atoms with E-state index in [-0.39, 0.29) is 10.0 Å². The van der Waals surface area contributed by atoms with Crippen LogP contribution < -0.4 is 10.9 Å². The van der Waals surface area contributed by atoms with Gasteiger partial charge in [0.1, 0.15) is 11.6 Å². The molecule has 5 nitrogen and oxygen atoms in total. The minimum atomic E-state index is -0.286. The molecule has 0 aromatic carbocycles. The third-order valence-electron chi connectivity index (χ3n) is 1.71. The molecule has 0 aliphatic carbocycles. The quantitative estimate of drug-likeness (QED) is 0.637. The number of aromatic nitrogens is 2. The van der Waals surface area contributed by atoms with Crippen LogP contribution in [0.1, 0.15) is 11.4 Å². The van der Waals surface area contributed by atoms with Crippen molar-refractivity contribution in [2.75, 3.05) is 12.4 Å². The molecule has 80 valence electrons. The molecule has 0 atom stereocenters. The van der Waals surface area contributed by atoms with Crippen molar-refractivity contribution in [1.82, 2.24) is 9.97 Å². The number of rotatable bonds is 3. The zero-order valence-corrected chi connectivity index (χ0v) is 9.88. The number of hydrogen-bond acceptors (Lipinski definition) is 4. The van der Waals surface area contributed by atoms with Gasteiger partial charge in [0.05, 0.1) is 10.0 Å². The SMILES string of the molecule is CNc1nc(C)[nH]c(=O)c1/C=C(/Br)C=O. The lowest BCUT2D eigenvalue weighted by Gasteiger charge is -2.04. The molecular weight excluding hydrogens is 262 g/mol. The van der Waals surface area contributed by atoms with Gasteiger partial charge in [-0.3, -0.25) is 9.59 Å². The van der Waals surface area contributed by atoms with Gasteiger partial charge in [-0.2, -0.15) is 0 Å². The summed E-state index contributed by atoms with van der Waals surface area (Å²) in [4.78, 5) is 28.6. The summed E-state index contributed by atoms with van der Waals surface area (Å²) >= 11 is 3.01. The van der Waals surface area contributed by atoms with Crippen LogP contribution in [-0.4, -0.2) is 23.3 Å². The van der Waals surface area contributed by atoms with Crippen LogP contribution in [0.15, 0.2) is 9.28 Å². The van der Waals surface area contributed by atoms with E-state index in [0.29, 0.717) is 23.5 Å². The summed E-state index contributed by atoms with van der Waals surface area (Å²) in [5.74, 6) is 0.957. The van der Waals surface area contributed by atoms with Gasteiger partial charge in [-0.15, -0.1) is 0 Å². The van der Waals surface area contributed by atoms with Crippen molar-refractivity contribution in [3.8, 4) is 0 Å². The van der Waals surface area contributed by atoms with E-state index in [1.807, 2.05) is 0 Å². The highest BCUT2D eigenvalue weighted by Gasteiger charge is 2.06. The maximum atomic E-state index is 11.6. The van der Waals surface area contributed by atoms with Gasteiger partial charge in [-0.05, 0) is 28.9 Å². The molecule has 1 aromatic heterocycles. The number of halogens is 1. The number of nitrogens with one attached hydrogen (secondary N) is 2. The molecule has 0 saturated heterocycles. The first-order valence-corrected chi connectivity index (χ1v) is 4.99. The van der Waals surface area contributed by atoms with E-state index in [1.54, 1.807) is 14.0 Å². The molecule has 0 spiro atoms. The first-order chi connectivity index (χ1) is 7.08. The fourth-order valence-corrected chi connectivity index (χ4v) is 1.32. The predicted octanol–water partition coefficient (Wildman–Crippen LogP) is 1.05. The molecule has 0 saturated carbocycles. The van der Waals surface area contributed by atoms with Crippen LogP contribution in [-0.2, 0) is 4.79 Å². The van der Waals surface area contributed by atoms with Crippen LogP contribution in [0.4, 0.5) is 5.82 Å². The lowest BCUT2D eigenvalue weighted by molar-refractivity contribution is -0.104. The topological polar surface area (TPSA) is 74.8 Å². The number of aryl methyl sites for hydroxylation is 1. The molecule has 0 radical (unpaired) electrons. The summed E-state index contributed by atoms with van der Waals surface area (Å²) in [6.07, 6.45) is 2.03. The fourth-order valence-electron chi connectivity index (χ4n) is 1.09.